The molecule has 0 saturated heterocycles. The van der Waals surface area contributed by atoms with Crippen molar-refractivity contribution in [3.05, 3.63) is 47.9 Å². The second-order valence-electron chi connectivity index (χ2n) is 4.18. The Bertz CT molecular complexity index is 693. The molecule has 3 rings (SSSR count). The number of halogens is 2. The molecule has 0 fully saturated rings. The third-order valence-corrected chi connectivity index (χ3v) is 3.11. The number of benzene rings is 1. The first-order valence-corrected chi connectivity index (χ1v) is 6.41. The van der Waals surface area contributed by atoms with E-state index in [1.54, 1.807) is 12.1 Å². The maximum atomic E-state index is 13.4. The third kappa shape index (κ3) is 2.33. The number of nitrogens with zero attached hydrogens (tertiary/aromatic N) is 3. The normalized spacial score (nSPS) is 11.3. The number of imidazole rings is 1. The first-order chi connectivity index (χ1) is 9.28. The summed E-state index contributed by atoms with van der Waals surface area (Å²) in [6, 6.07) is 6.32. The SMILES string of the molecule is Fc1ccc2nc(CCCl)n(Cc3ccon3)c2c1. The highest BCUT2D eigenvalue weighted by atomic mass is 35.5. The molecule has 4 nitrogen and oxygen atoms in total. The topological polar surface area (TPSA) is 43.9 Å². The van der Waals surface area contributed by atoms with E-state index in [4.69, 9.17) is 16.1 Å². The van der Waals surface area contributed by atoms with E-state index in [1.165, 1.54) is 18.4 Å². The van der Waals surface area contributed by atoms with Crippen LogP contribution in [0.4, 0.5) is 4.39 Å². The van der Waals surface area contributed by atoms with Crippen LogP contribution in [0.25, 0.3) is 11.0 Å². The van der Waals surface area contributed by atoms with Gasteiger partial charge in [-0.15, -0.1) is 11.6 Å². The third-order valence-electron chi connectivity index (χ3n) is 2.92. The van der Waals surface area contributed by atoms with Gasteiger partial charge in [-0.05, 0) is 18.2 Å². The van der Waals surface area contributed by atoms with E-state index in [0.29, 0.717) is 18.8 Å². The molecule has 0 saturated carbocycles. The zero-order chi connectivity index (χ0) is 13.2. The van der Waals surface area contributed by atoms with Gasteiger partial charge in [-0.3, -0.25) is 0 Å². The van der Waals surface area contributed by atoms with E-state index in [-0.39, 0.29) is 5.82 Å². The van der Waals surface area contributed by atoms with E-state index < -0.39 is 0 Å². The van der Waals surface area contributed by atoms with Crippen LogP contribution in [-0.2, 0) is 13.0 Å². The first-order valence-electron chi connectivity index (χ1n) is 5.88. The molecule has 0 unspecified atom stereocenters. The molecule has 6 heteroatoms. The van der Waals surface area contributed by atoms with E-state index in [1.807, 2.05) is 4.57 Å². The van der Waals surface area contributed by atoms with Gasteiger partial charge in [-0.1, -0.05) is 5.16 Å². The van der Waals surface area contributed by atoms with E-state index in [0.717, 1.165) is 22.6 Å². The average molecular weight is 280 g/mol. The van der Waals surface area contributed by atoms with Gasteiger partial charge in [0.15, 0.2) is 0 Å². The molecule has 0 amide bonds. The molecule has 19 heavy (non-hydrogen) atoms. The fourth-order valence-electron chi connectivity index (χ4n) is 2.08. The lowest BCUT2D eigenvalue weighted by Gasteiger charge is -2.05. The van der Waals surface area contributed by atoms with Gasteiger partial charge in [-0.25, -0.2) is 9.37 Å². The number of hydrogen-bond donors (Lipinski definition) is 0. The Morgan fingerprint density at radius 1 is 1.32 bits per heavy atom. The number of rotatable bonds is 4. The molecule has 3 aromatic rings. The fourth-order valence-corrected chi connectivity index (χ4v) is 2.25. The Balaban J connectivity index is 2.12. The van der Waals surface area contributed by atoms with Crippen molar-refractivity contribution in [3.8, 4) is 0 Å². The number of fused-ring (bicyclic) bond motifs is 1. The molecule has 98 valence electrons. The largest absolute Gasteiger partial charge is 0.364 e. The summed E-state index contributed by atoms with van der Waals surface area (Å²) in [5.41, 5.74) is 2.26. The summed E-state index contributed by atoms with van der Waals surface area (Å²) in [7, 11) is 0. The molecular formula is C13H11ClFN3O. The van der Waals surface area contributed by atoms with Gasteiger partial charge in [0, 0.05) is 18.4 Å². The summed E-state index contributed by atoms with van der Waals surface area (Å²) >= 11 is 5.79. The highest BCUT2D eigenvalue weighted by Gasteiger charge is 2.12. The van der Waals surface area contributed by atoms with Crippen molar-refractivity contribution in [2.45, 2.75) is 13.0 Å². The Labute approximate surface area is 113 Å². The van der Waals surface area contributed by atoms with Crippen molar-refractivity contribution in [1.82, 2.24) is 14.7 Å². The van der Waals surface area contributed by atoms with Gasteiger partial charge in [0.1, 0.15) is 23.6 Å². The molecule has 0 radical (unpaired) electrons. The predicted molar refractivity (Wildman–Crippen MR) is 69.7 cm³/mol. The molecule has 0 bridgehead atoms. The van der Waals surface area contributed by atoms with Crippen LogP contribution in [0, 0.1) is 5.82 Å². The zero-order valence-electron chi connectivity index (χ0n) is 10.0. The quantitative estimate of drug-likeness (QED) is 0.690. The van der Waals surface area contributed by atoms with Crippen LogP contribution < -0.4 is 0 Å². The number of aromatic nitrogens is 3. The van der Waals surface area contributed by atoms with Crippen LogP contribution in [0.2, 0.25) is 0 Å². The summed E-state index contributed by atoms with van der Waals surface area (Å²) < 4.78 is 20.1. The fraction of sp³-hybridized carbons (Fsp3) is 0.231. The van der Waals surface area contributed by atoms with Crippen LogP contribution in [-0.4, -0.2) is 20.6 Å². The van der Waals surface area contributed by atoms with Gasteiger partial charge < -0.3 is 9.09 Å². The minimum absolute atomic E-state index is 0.286. The lowest BCUT2D eigenvalue weighted by Crippen LogP contribution is -2.06. The van der Waals surface area contributed by atoms with Crippen LogP contribution >= 0.6 is 11.6 Å². The van der Waals surface area contributed by atoms with Crippen LogP contribution in [0.3, 0.4) is 0 Å². The second-order valence-corrected chi connectivity index (χ2v) is 4.55. The van der Waals surface area contributed by atoms with Crippen LogP contribution in [0.1, 0.15) is 11.5 Å². The number of hydrogen-bond acceptors (Lipinski definition) is 3. The summed E-state index contributed by atoms with van der Waals surface area (Å²) in [5, 5.41) is 3.87. The molecule has 1 aromatic carbocycles. The molecule has 0 N–H and O–H groups in total. The average Bonchev–Trinajstić information content (AvgIpc) is 3.00. The van der Waals surface area contributed by atoms with Crippen molar-refractivity contribution in [2.75, 3.05) is 5.88 Å². The lowest BCUT2D eigenvalue weighted by atomic mass is 10.3. The van der Waals surface area contributed by atoms with Crippen molar-refractivity contribution in [3.63, 3.8) is 0 Å². The van der Waals surface area contributed by atoms with Crippen molar-refractivity contribution in [2.24, 2.45) is 0 Å². The molecule has 0 aliphatic heterocycles. The molecule has 0 atom stereocenters. The highest BCUT2D eigenvalue weighted by Crippen LogP contribution is 2.19. The molecule has 2 heterocycles. The minimum Gasteiger partial charge on any atom is -0.364 e. The molecule has 0 aliphatic rings. The van der Waals surface area contributed by atoms with Gasteiger partial charge in [0.2, 0.25) is 0 Å². The summed E-state index contributed by atoms with van der Waals surface area (Å²) in [5.74, 6) is 0.995. The summed E-state index contributed by atoms with van der Waals surface area (Å²) in [6.45, 7) is 0.489. The van der Waals surface area contributed by atoms with Gasteiger partial charge >= 0.3 is 0 Å². The molecule has 2 aromatic heterocycles. The van der Waals surface area contributed by atoms with Crippen molar-refractivity contribution < 1.29 is 8.91 Å². The Hall–Kier alpha value is -1.88. The highest BCUT2D eigenvalue weighted by molar-refractivity contribution is 6.17. The Morgan fingerprint density at radius 3 is 2.95 bits per heavy atom. The van der Waals surface area contributed by atoms with E-state index >= 15 is 0 Å². The van der Waals surface area contributed by atoms with Crippen molar-refractivity contribution in [1.29, 1.82) is 0 Å². The van der Waals surface area contributed by atoms with Crippen LogP contribution in [0.5, 0.6) is 0 Å². The Morgan fingerprint density at radius 2 is 2.21 bits per heavy atom. The summed E-state index contributed by atoms with van der Waals surface area (Å²) in [6.07, 6.45) is 2.13. The smallest absolute Gasteiger partial charge is 0.125 e. The van der Waals surface area contributed by atoms with E-state index in [2.05, 4.69) is 10.1 Å². The first kappa shape index (κ1) is 12.2. The second kappa shape index (κ2) is 5.01. The standard InChI is InChI=1S/C13H11ClFN3O/c14-5-3-13-16-11-2-1-9(15)7-12(11)18(13)8-10-4-6-19-17-10/h1-2,4,6-7H,3,5,8H2. The maximum absolute atomic E-state index is 13.4. The number of aryl methyl sites for hydroxylation is 1. The molecule has 0 spiro atoms. The van der Waals surface area contributed by atoms with Gasteiger partial charge in [-0.2, -0.15) is 0 Å². The monoisotopic (exact) mass is 279 g/mol. The zero-order valence-corrected chi connectivity index (χ0v) is 10.8. The molecule has 0 aliphatic carbocycles. The lowest BCUT2D eigenvalue weighted by molar-refractivity contribution is 0.409. The van der Waals surface area contributed by atoms with Gasteiger partial charge in [0.05, 0.1) is 17.6 Å². The van der Waals surface area contributed by atoms with E-state index in [9.17, 15) is 4.39 Å². The maximum Gasteiger partial charge on any atom is 0.125 e. The summed E-state index contributed by atoms with van der Waals surface area (Å²) in [4.78, 5) is 4.48. The Kier molecular flexibility index (Phi) is 3.21. The predicted octanol–water partition coefficient (Wildman–Crippen LogP) is 2.99. The van der Waals surface area contributed by atoms with Crippen LogP contribution in [0.15, 0.2) is 35.1 Å². The number of alkyl halides is 1. The van der Waals surface area contributed by atoms with Crippen molar-refractivity contribution >= 4 is 22.6 Å². The van der Waals surface area contributed by atoms with Gasteiger partial charge in [0.25, 0.3) is 0 Å². The molecular weight excluding hydrogens is 269 g/mol. The minimum atomic E-state index is -0.286.